The Labute approximate surface area is 241 Å². The minimum atomic E-state index is -0.352. The lowest BCUT2D eigenvalue weighted by Gasteiger charge is -2.09. The summed E-state index contributed by atoms with van der Waals surface area (Å²) >= 11 is 0. The highest BCUT2D eigenvalue weighted by Gasteiger charge is 2.11. The van der Waals surface area contributed by atoms with Crippen molar-refractivity contribution in [3.05, 3.63) is 114 Å². The molecule has 7 nitrogen and oxygen atoms in total. The fraction of sp³-hybridized carbons (Fsp3) is 0.206. The minimum Gasteiger partial charge on any atom is -0.497 e. The Bertz CT molecular complexity index is 1420. The summed E-state index contributed by atoms with van der Waals surface area (Å²) in [5, 5.41) is 1.99. The number of allylic oxidation sites excluding steroid dienone is 1. The molecule has 0 radical (unpaired) electrons. The first-order valence-corrected chi connectivity index (χ1v) is 13.0. The first kappa shape index (κ1) is 32.5. The lowest BCUT2D eigenvalue weighted by atomic mass is 10.1. The number of fused-ring (bicyclic) bond motifs is 1. The van der Waals surface area contributed by atoms with Crippen LogP contribution in [-0.4, -0.2) is 46.0 Å². The number of carbonyl (C=O) groups excluding carboxylic acids is 3. The molecule has 0 amide bonds. The van der Waals surface area contributed by atoms with Crippen molar-refractivity contribution in [2.24, 2.45) is 0 Å². The molecule has 41 heavy (non-hydrogen) atoms. The van der Waals surface area contributed by atoms with Gasteiger partial charge in [0.05, 0.1) is 19.3 Å². The summed E-state index contributed by atoms with van der Waals surface area (Å²) in [6.07, 6.45) is 3.51. The van der Waals surface area contributed by atoms with E-state index in [2.05, 4.69) is 6.58 Å². The highest BCUT2D eigenvalue weighted by atomic mass is 16.5. The molecule has 0 bridgehead atoms. The van der Waals surface area contributed by atoms with Crippen molar-refractivity contribution in [2.45, 2.75) is 20.3 Å². The Morgan fingerprint density at radius 3 is 2.07 bits per heavy atom. The third kappa shape index (κ3) is 11.1. The smallest absolute Gasteiger partial charge is 0.343 e. The van der Waals surface area contributed by atoms with Gasteiger partial charge < -0.3 is 18.9 Å². The molecule has 7 heteroatoms. The molecule has 0 saturated carbocycles. The highest BCUT2D eigenvalue weighted by molar-refractivity contribution is 5.96. The van der Waals surface area contributed by atoms with E-state index in [1.807, 2.05) is 62.4 Å². The van der Waals surface area contributed by atoms with Gasteiger partial charge in [-0.3, -0.25) is 9.59 Å². The molecule has 4 aromatic carbocycles. The molecular formula is C34H36O7. The summed E-state index contributed by atoms with van der Waals surface area (Å²) in [5.41, 5.74) is 3.28. The van der Waals surface area contributed by atoms with Crippen molar-refractivity contribution in [1.29, 1.82) is 0 Å². The van der Waals surface area contributed by atoms with Gasteiger partial charge in [-0.05, 0) is 90.9 Å². The molecule has 214 valence electrons. The summed E-state index contributed by atoms with van der Waals surface area (Å²) in [6, 6.07) is 24.1. The maximum atomic E-state index is 12.4. The molecule has 0 aliphatic heterocycles. The van der Waals surface area contributed by atoms with E-state index in [-0.39, 0.29) is 5.97 Å². The maximum absolute atomic E-state index is 12.4. The van der Waals surface area contributed by atoms with E-state index in [9.17, 15) is 9.59 Å². The number of carbonyl (C=O) groups is 3. The summed E-state index contributed by atoms with van der Waals surface area (Å²) in [5.74, 6) is 1.82. The molecule has 4 rings (SSSR count). The van der Waals surface area contributed by atoms with Crippen LogP contribution < -0.4 is 14.2 Å². The highest BCUT2D eigenvalue weighted by Crippen LogP contribution is 2.24. The second-order valence-corrected chi connectivity index (χ2v) is 8.84. The number of hydrogen-bond donors (Lipinski definition) is 0. The van der Waals surface area contributed by atoms with Crippen LogP contribution in [0.3, 0.4) is 0 Å². The van der Waals surface area contributed by atoms with Gasteiger partial charge >= 0.3 is 5.97 Å². The number of benzene rings is 4. The van der Waals surface area contributed by atoms with Crippen LogP contribution >= 0.6 is 0 Å². The number of aldehydes is 2. The molecule has 0 saturated heterocycles. The van der Waals surface area contributed by atoms with Gasteiger partial charge in [-0.25, -0.2) is 4.79 Å². The van der Waals surface area contributed by atoms with Gasteiger partial charge in [0.25, 0.3) is 0 Å². The zero-order valence-electron chi connectivity index (χ0n) is 23.9. The van der Waals surface area contributed by atoms with Gasteiger partial charge in [-0.15, -0.1) is 0 Å². The molecule has 0 unspecified atom stereocenters. The molecule has 0 aliphatic carbocycles. The van der Waals surface area contributed by atoms with Gasteiger partial charge in [-0.1, -0.05) is 36.4 Å². The lowest BCUT2D eigenvalue weighted by Crippen LogP contribution is -2.09. The summed E-state index contributed by atoms with van der Waals surface area (Å²) in [7, 11) is 3.30. The molecule has 0 N–H and O–H groups in total. The third-order valence-corrected chi connectivity index (χ3v) is 5.69. The van der Waals surface area contributed by atoms with Crippen molar-refractivity contribution < 1.29 is 33.3 Å². The van der Waals surface area contributed by atoms with Crippen LogP contribution in [-0.2, 0) is 9.53 Å². The van der Waals surface area contributed by atoms with Gasteiger partial charge in [0, 0.05) is 25.7 Å². The number of hydrogen-bond acceptors (Lipinski definition) is 7. The van der Waals surface area contributed by atoms with E-state index in [4.69, 9.17) is 23.7 Å². The molecule has 0 fully saturated rings. The number of esters is 1. The fourth-order valence-corrected chi connectivity index (χ4v) is 3.59. The molecular weight excluding hydrogens is 520 g/mol. The van der Waals surface area contributed by atoms with Crippen LogP contribution in [0.5, 0.6) is 17.2 Å². The van der Waals surface area contributed by atoms with E-state index in [0.717, 1.165) is 46.1 Å². The summed E-state index contributed by atoms with van der Waals surface area (Å²) in [4.78, 5) is 31.8. The van der Waals surface area contributed by atoms with E-state index in [0.29, 0.717) is 36.4 Å². The predicted molar refractivity (Wildman–Crippen MR) is 161 cm³/mol. The molecule has 0 atom stereocenters. The standard InChI is InChI=1S/C20H18O3.C11H14O3.C3H4O/c1-13-4-9-19(14(2)10-13)23-20(21)17-6-5-16-12-18(22-3)8-7-15(16)11-17;1-13-7-2-8-14-11-5-3-10(9-12)4-6-11;1-2-3-4/h4-12H,1-3H3;3-6,9H,2,7-8H2,1H3;2-3H,1H2. The number of ether oxygens (including phenoxy) is 4. The average Bonchev–Trinajstić information content (AvgIpc) is 3.00. The van der Waals surface area contributed by atoms with Crippen LogP contribution in [0.2, 0.25) is 0 Å². The average molecular weight is 557 g/mol. The third-order valence-electron chi connectivity index (χ3n) is 5.69. The van der Waals surface area contributed by atoms with Gasteiger partial charge in [0.15, 0.2) is 0 Å². The fourth-order valence-electron chi connectivity index (χ4n) is 3.59. The topological polar surface area (TPSA) is 88.1 Å². The Hall–Kier alpha value is -4.75. The second kappa shape index (κ2) is 17.8. The van der Waals surface area contributed by atoms with E-state index < -0.39 is 0 Å². The lowest BCUT2D eigenvalue weighted by molar-refractivity contribution is -0.104. The number of methoxy groups -OCH3 is 2. The van der Waals surface area contributed by atoms with Gasteiger partial charge in [-0.2, -0.15) is 0 Å². The first-order valence-electron chi connectivity index (χ1n) is 13.0. The second-order valence-electron chi connectivity index (χ2n) is 8.84. The van der Waals surface area contributed by atoms with Crippen LogP contribution in [0, 0.1) is 13.8 Å². The molecule has 0 heterocycles. The van der Waals surface area contributed by atoms with Gasteiger partial charge in [0.2, 0.25) is 0 Å². The molecule has 0 aromatic heterocycles. The Morgan fingerprint density at radius 2 is 1.46 bits per heavy atom. The Morgan fingerprint density at radius 1 is 0.805 bits per heavy atom. The van der Waals surface area contributed by atoms with Crippen molar-refractivity contribution >= 4 is 29.3 Å². The summed E-state index contributed by atoms with van der Waals surface area (Å²) in [6.45, 7) is 8.39. The number of aryl methyl sites for hydroxylation is 2. The van der Waals surface area contributed by atoms with E-state index in [1.165, 1.54) is 6.08 Å². The molecule has 4 aromatic rings. The van der Waals surface area contributed by atoms with Crippen molar-refractivity contribution in [2.75, 3.05) is 27.4 Å². The van der Waals surface area contributed by atoms with Crippen molar-refractivity contribution in [3.63, 3.8) is 0 Å². The van der Waals surface area contributed by atoms with Crippen molar-refractivity contribution in [1.82, 2.24) is 0 Å². The van der Waals surface area contributed by atoms with Gasteiger partial charge in [0.1, 0.15) is 29.8 Å². The van der Waals surface area contributed by atoms with Crippen molar-refractivity contribution in [3.8, 4) is 17.2 Å². The van der Waals surface area contributed by atoms with Crippen LogP contribution in [0.15, 0.2) is 91.5 Å². The Balaban J connectivity index is 0.000000278. The quantitative estimate of drug-likeness (QED) is 0.0685. The summed E-state index contributed by atoms with van der Waals surface area (Å²) < 4.78 is 21.0. The monoisotopic (exact) mass is 556 g/mol. The van der Waals surface area contributed by atoms with Crippen LogP contribution in [0.1, 0.15) is 38.3 Å². The first-order chi connectivity index (χ1) is 19.8. The van der Waals surface area contributed by atoms with E-state index >= 15 is 0 Å². The zero-order valence-corrected chi connectivity index (χ0v) is 23.9. The van der Waals surface area contributed by atoms with E-state index in [1.54, 1.807) is 44.6 Å². The Kier molecular flexibility index (Phi) is 14.1. The maximum Gasteiger partial charge on any atom is 0.343 e. The largest absolute Gasteiger partial charge is 0.497 e. The number of rotatable bonds is 10. The molecule has 0 spiro atoms. The molecule has 0 aliphatic rings. The minimum absolute atomic E-state index is 0.352. The van der Waals surface area contributed by atoms with Crippen LogP contribution in [0.4, 0.5) is 0 Å². The zero-order chi connectivity index (χ0) is 30.0. The normalized spacial score (nSPS) is 9.76. The predicted octanol–water partition coefficient (Wildman–Crippen LogP) is 6.97. The van der Waals surface area contributed by atoms with Crippen LogP contribution in [0.25, 0.3) is 10.8 Å². The SMILES string of the molecule is C=CC=O.COCCCOc1ccc(C=O)cc1.COc1ccc2cc(C(=O)Oc3ccc(C)cc3C)ccc2c1.